The van der Waals surface area contributed by atoms with Gasteiger partial charge in [0.15, 0.2) is 5.82 Å². The molecule has 0 fully saturated rings. The summed E-state index contributed by atoms with van der Waals surface area (Å²) in [4.78, 5) is 22.2. The first-order valence-electron chi connectivity index (χ1n) is 9.42. The molecule has 0 saturated heterocycles. The Hall–Kier alpha value is -3.59. The van der Waals surface area contributed by atoms with E-state index in [0.29, 0.717) is 40.7 Å². The van der Waals surface area contributed by atoms with Crippen LogP contribution in [0.2, 0.25) is 0 Å². The van der Waals surface area contributed by atoms with Gasteiger partial charge in [0.2, 0.25) is 4.96 Å². The topological polar surface area (TPSA) is 76.6 Å². The van der Waals surface area contributed by atoms with Gasteiger partial charge in [-0.15, -0.1) is 16.4 Å². The summed E-state index contributed by atoms with van der Waals surface area (Å²) in [7, 11) is 0. The number of halogens is 1. The zero-order valence-corrected chi connectivity index (χ0v) is 16.9. The Kier molecular flexibility index (Phi) is 4.51. The molecule has 0 aliphatic carbocycles. The lowest BCUT2D eigenvalue weighted by atomic mass is 10.2. The zero-order chi connectivity index (χ0) is 20.7. The molecule has 0 bridgehead atoms. The molecular formula is C21H17FN6OS. The average molecular weight is 420 g/mol. The van der Waals surface area contributed by atoms with Crippen LogP contribution in [-0.2, 0) is 6.42 Å². The van der Waals surface area contributed by atoms with Crippen molar-refractivity contribution in [1.82, 2.24) is 29.3 Å². The number of nitrogens with zero attached hydrogens (tertiary/aromatic N) is 5. The van der Waals surface area contributed by atoms with Crippen molar-refractivity contribution in [3.8, 4) is 11.4 Å². The van der Waals surface area contributed by atoms with Crippen LogP contribution in [0.25, 0.3) is 22.0 Å². The molecule has 4 aromatic heterocycles. The van der Waals surface area contributed by atoms with Gasteiger partial charge in [0.25, 0.3) is 5.91 Å². The highest BCUT2D eigenvalue weighted by Gasteiger charge is 2.17. The smallest absolute Gasteiger partial charge is 0.270 e. The van der Waals surface area contributed by atoms with E-state index in [1.807, 2.05) is 36.7 Å². The number of benzene rings is 1. The monoisotopic (exact) mass is 420 g/mol. The fourth-order valence-corrected chi connectivity index (χ4v) is 4.28. The van der Waals surface area contributed by atoms with Gasteiger partial charge >= 0.3 is 0 Å². The lowest BCUT2D eigenvalue weighted by molar-refractivity contribution is 0.0947. The van der Waals surface area contributed by atoms with Crippen molar-refractivity contribution in [2.75, 3.05) is 6.54 Å². The molecule has 1 N–H and O–H groups in total. The van der Waals surface area contributed by atoms with Gasteiger partial charge in [0.1, 0.15) is 17.2 Å². The number of pyridine rings is 1. The third-order valence-electron chi connectivity index (χ3n) is 4.85. The Bertz CT molecular complexity index is 1380. The molecule has 5 aromatic rings. The fraction of sp³-hybridized carbons (Fsp3) is 0.143. The second-order valence-electron chi connectivity index (χ2n) is 6.82. The quantitative estimate of drug-likeness (QED) is 0.472. The first kappa shape index (κ1) is 18.4. The summed E-state index contributed by atoms with van der Waals surface area (Å²) in [6.07, 6.45) is 2.40. The molecule has 0 atom stereocenters. The summed E-state index contributed by atoms with van der Waals surface area (Å²) in [6, 6.07) is 12.1. The van der Waals surface area contributed by atoms with Gasteiger partial charge in [0.05, 0.1) is 17.0 Å². The van der Waals surface area contributed by atoms with E-state index in [0.717, 1.165) is 11.3 Å². The third-order valence-corrected chi connectivity index (χ3v) is 5.72. The molecule has 0 aliphatic heterocycles. The molecule has 150 valence electrons. The van der Waals surface area contributed by atoms with Crippen LogP contribution in [0.1, 0.15) is 21.9 Å². The first-order chi connectivity index (χ1) is 14.6. The molecule has 7 nitrogen and oxygen atoms in total. The number of aryl methyl sites for hydroxylation is 1. The molecule has 1 aromatic carbocycles. The summed E-state index contributed by atoms with van der Waals surface area (Å²) >= 11 is 1.44. The largest absolute Gasteiger partial charge is 0.350 e. The van der Waals surface area contributed by atoms with Crippen molar-refractivity contribution in [1.29, 1.82) is 0 Å². The predicted octanol–water partition coefficient (Wildman–Crippen LogP) is 3.53. The van der Waals surface area contributed by atoms with Crippen LogP contribution in [0.5, 0.6) is 0 Å². The molecule has 0 aliphatic rings. The lowest BCUT2D eigenvalue weighted by Crippen LogP contribution is -2.27. The van der Waals surface area contributed by atoms with Gasteiger partial charge in [-0.1, -0.05) is 18.2 Å². The van der Waals surface area contributed by atoms with Gasteiger partial charge in [-0.3, -0.25) is 9.20 Å². The molecular weight excluding hydrogens is 403 g/mol. The molecule has 0 radical (unpaired) electrons. The van der Waals surface area contributed by atoms with Gasteiger partial charge in [-0.25, -0.2) is 13.9 Å². The number of amides is 1. The maximum absolute atomic E-state index is 14.0. The van der Waals surface area contributed by atoms with Crippen molar-refractivity contribution < 1.29 is 9.18 Å². The highest BCUT2D eigenvalue weighted by atomic mass is 32.1. The van der Waals surface area contributed by atoms with Crippen LogP contribution in [0.4, 0.5) is 4.39 Å². The van der Waals surface area contributed by atoms with Crippen molar-refractivity contribution in [3.63, 3.8) is 0 Å². The zero-order valence-electron chi connectivity index (χ0n) is 16.0. The number of rotatable bonds is 5. The Balaban J connectivity index is 1.32. The summed E-state index contributed by atoms with van der Waals surface area (Å²) in [5.41, 5.74) is 3.23. The van der Waals surface area contributed by atoms with Gasteiger partial charge in [-0.2, -0.15) is 4.98 Å². The third kappa shape index (κ3) is 3.13. The number of hydrogen-bond donors (Lipinski definition) is 1. The Morgan fingerprint density at radius 2 is 2.00 bits per heavy atom. The highest BCUT2D eigenvalue weighted by molar-refractivity contribution is 7.15. The number of nitrogens with one attached hydrogen (secondary N) is 1. The molecule has 5 rings (SSSR count). The standard InChI is InChI=1S/C21H17FN6OS/c1-13-18(27-11-5-4-8-17(27)24-13)20(29)23-10-9-14-12-30-21-25-19(26-28(14)21)15-6-2-3-7-16(15)22/h2-8,11-12H,9-10H2,1H3,(H,23,29). The van der Waals surface area contributed by atoms with Crippen LogP contribution in [0.3, 0.4) is 0 Å². The summed E-state index contributed by atoms with van der Waals surface area (Å²) in [5, 5.41) is 9.36. The minimum atomic E-state index is -0.354. The summed E-state index contributed by atoms with van der Waals surface area (Å²) in [5.74, 6) is -0.178. The number of fused-ring (bicyclic) bond motifs is 2. The van der Waals surface area contributed by atoms with E-state index in [4.69, 9.17) is 0 Å². The number of hydrogen-bond acceptors (Lipinski definition) is 5. The maximum Gasteiger partial charge on any atom is 0.270 e. The number of aromatic nitrogens is 5. The highest BCUT2D eigenvalue weighted by Crippen LogP contribution is 2.23. The summed E-state index contributed by atoms with van der Waals surface area (Å²) < 4.78 is 17.5. The number of carbonyl (C=O) groups excluding carboxylic acids is 1. The SMILES string of the molecule is Cc1nc2ccccn2c1C(=O)NCCc1csc2nc(-c3ccccc3F)nn12. The van der Waals surface area contributed by atoms with Crippen molar-refractivity contribution in [2.45, 2.75) is 13.3 Å². The van der Waals surface area contributed by atoms with E-state index in [2.05, 4.69) is 20.4 Å². The number of carbonyl (C=O) groups is 1. The van der Waals surface area contributed by atoms with E-state index < -0.39 is 0 Å². The van der Waals surface area contributed by atoms with E-state index in [9.17, 15) is 9.18 Å². The minimum absolute atomic E-state index is 0.177. The minimum Gasteiger partial charge on any atom is -0.350 e. The molecule has 0 spiro atoms. The van der Waals surface area contributed by atoms with Gasteiger partial charge in [-0.05, 0) is 31.2 Å². The van der Waals surface area contributed by atoms with Crippen molar-refractivity contribution in [3.05, 3.63) is 76.9 Å². The second kappa shape index (κ2) is 7.34. The lowest BCUT2D eigenvalue weighted by Gasteiger charge is -2.05. The first-order valence-corrected chi connectivity index (χ1v) is 10.3. The van der Waals surface area contributed by atoms with Crippen LogP contribution in [0.15, 0.2) is 54.0 Å². The second-order valence-corrected chi connectivity index (χ2v) is 7.65. The number of thiazole rings is 1. The fourth-order valence-electron chi connectivity index (χ4n) is 3.43. The molecule has 30 heavy (non-hydrogen) atoms. The van der Waals surface area contributed by atoms with E-state index >= 15 is 0 Å². The van der Waals surface area contributed by atoms with E-state index in [-0.39, 0.29) is 11.7 Å². The Morgan fingerprint density at radius 3 is 2.87 bits per heavy atom. The van der Waals surface area contributed by atoms with Crippen LogP contribution in [-0.4, -0.2) is 36.4 Å². The van der Waals surface area contributed by atoms with Gasteiger partial charge in [0, 0.05) is 24.5 Å². The molecule has 0 unspecified atom stereocenters. The molecule has 9 heteroatoms. The van der Waals surface area contributed by atoms with E-state index in [1.54, 1.807) is 27.1 Å². The molecule has 0 saturated carbocycles. The Labute approximate surface area is 174 Å². The van der Waals surface area contributed by atoms with Crippen LogP contribution < -0.4 is 5.32 Å². The van der Waals surface area contributed by atoms with E-state index in [1.165, 1.54) is 17.4 Å². The molecule has 4 heterocycles. The van der Waals surface area contributed by atoms with Gasteiger partial charge < -0.3 is 5.32 Å². The molecule has 1 amide bonds. The predicted molar refractivity (Wildman–Crippen MR) is 112 cm³/mol. The van der Waals surface area contributed by atoms with Crippen LogP contribution in [0, 0.1) is 12.7 Å². The summed E-state index contributed by atoms with van der Waals surface area (Å²) in [6.45, 7) is 2.25. The van der Waals surface area contributed by atoms with Crippen molar-refractivity contribution >= 4 is 27.9 Å². The average Bonchev–Trinajstić information content (AvgIpc) is 3.40. The number of imidazole rings is 1. The van der Waals surface area contributed by atoms with Crippen LogP contribution >= 0.6 is 11.3 Å². The normalized spacial score (nSPS) is 11.4. The Morgan fingerprint density at radius 1 is 1.17 bits per heavy atom. The van der Waals surface area contributed by atoms with Crippen molar-refractivity contribution in [2.24, 2.45) is 0 Å². The maximum atomic E-state index is 14.0.